The molecule has 45 heavy (non-hydrogen) atoms. The Morgan fingerprint density at radius 3 is 2.38 bits per heavy atom. The Kier molecular flexibility index (Phi) is 8.79. The zero-order chi connectivity index (χ0) is 32.1. The van der Waals surface area contributed by atoms with Crippen molar-refractivity contribution in [3.05, 3.63) is 95.5 Å². The molecule has 0 aliphatic carbocycles. The number of hydrogen-bond acceptors (Lipinski definition) is 8. The predicted molar refractivity (Wildman–Crippen MR) is 166 cm³/mol. The minimum absolute atomic E-state index is 0.00476. The van der Waals surface area contributed by atoms with E-state index in [0.29, 0.717) is 12.1 Å². The van der Waals surface area contributed by atoms with Gasteiger partial charge in [0.1, 0.15) is 11.2 Å². The fraction of sp³-hybridized carbons (Fsp3) is 0.250. The van der Waals surface area contributed by atoms with E-state index in [1.165, 1.54) is 23.0 Å². The summed E-state index contributed by atoms with van der Waals surface area (Å²) in [6.45, 7) is 5.83. The first-order chi connectivity index (χ1) is 21.6. The van der Waals surface area contributed by atoms with Crippen molar-refractivity contribution in [2.45, 2.75) is 39.2 Å². The number of para-hydroxylation sites is 1. The molecule has 0 aliphatic rings. The number of furan rings is 1. The van der Waals surface area contributed by atoms with Crippen molar-refractivity contribution in [2.24, 2.45) is 7.05 Å². The van der Waals surface area contributed by atoms with Gasteiger partial charge >= 0.3 is 6.09 Å². The van der Waals surface area contributed by atoms with Crippen molar-refractivity contribution in [1.82, 2.24) is 24.9 Å². The molecular weight excluding hydrogens is 578 g/mol. The van der Waals surface area contributed by atoms with Gasteiger partial charge in [-0.15, -0.1) is 5.10 Å². The molecule has 3 heterocycles. The third-order valence-corrected chi connectivity index (χ3v) is 7.10. The van der Waals surface area contributed by atoms with Gasteiger partial charge in [-0.25, -0.2) is 4.79 Å². The van der Waals surface area contributed by atoms with Crippen molar-refractivity contribution in [3.8, 4) is 0 Å². The highest BCUT2D eigenvalue weighted by atomic mass is 16.6. The van der Waals surface area contributed by atoms with Gasteiger partial charge in [0, 0.05) is 19.3 Å². The summed E-state index contributed by atoms with van der Waals surface area (Å²) >= 11 is 0. The second-order valence-electron chi connectivity index (χ2n) is 10.8. The Bertz CT molecular complexity index is 1870. The highest BCUT2D eigenvalue weighted by molar-refractivity contribution is 6.14. The average molecular weight is 612 g/mol. The van der Waals surface area contributed by atoms with Gasteiger partial charge in [-0.2, -0.15) is 9.78 Å². The van der Waals surface area contributed by atoms with Gasteiger partial charge < -0.3 is 25.1 Å². The molecule has 3 aromatic heterocycles. The lowest BCUT2D eigenvalue weighted by molar-refractivity contribution is 0.0884. The highest BCUT2D eigenvalue weighted by Crippen LogP contribution is 2.29. The SMILES string of the molecule is CCCCOC(=O)n1nc(NC(=O)c2ccccc2NC(=O)c2ccnn2C)c2oc(C(=O)NC(C)(C)c3ccccc3)cc21. The Labute approximate surface area is 258 Å². The maximum atomic E-state index is 13.5. The molecule has 0 aliphatic heterocycles. The van der Waals surface area contributed by atoms with Crippen molar-refractivity contribution in [1.29, 1.82) is 0 Å². The van der Waals surface area contributed by atoms with Crippen LogP contribution in [0.2, 0.25) is 0 Å². The number of benzene rings is 2. The van der Waals surface area contributed by atoms with E-state index in [2.05, 4.69) is 26.1 Å². The molecular formula is C32H33N7O6. The van der Waals surface area contributed by atoms with Crippen LogP contribution in [-0.2, 0) is 17.3 Å². The molecule has 0 saturated heterocycles. The van der Waals surface area contributed by atoms with Crippen LogP contribution in [0.4, 0.5) is 16.3 Å². The Balaban J connectivity index is 1.45. The highest BCUT2D eigenvalue weighted by Gasteiger charge is 2.29. The molecule has 0 saturated carbocycles. The first kappa shape index (κ1) is 30.7. The van der Waals surface area contributed by atoms with Crippen LogP contribution >= 0.6 is 0 Å². The van der Waals surface area contributed by atoms with Crippen molar-refractivity contribution >= 4 is 46.4 Å². The monoisotopic (exact) mass is 611 g/mol. The standard InChI is InChI=1S/C32H33N7O6/c1-5-6-18-44-31(43)39-24-19-25(30(42)36-32(2,3)20-12-8-7-9-13-20)45-26(24)27(37-39)35-28(40)21-14-10-11-15-22(21)34-29(41)23-16-17-33-38(23)4/h7-17,19H,5-6,18H2,1-4H3,(H,34,41)(H,36,42)(H,35,37,40). The Hall–Kier alpha value is -5.72. The number of anilines is 2. The number of aryl methyl sites for hydroxylation is 1. The average Bonchev–Trinajstić information content (AvgIpc) is 3.74. The van der Waals surface area contributed by atoms with Gasteiger partial charge in [0.05, 0.1) is 23.4 Å². The molecule has 13 nitrogen and oxygen atoms in total. The Morgan fingerprint density at radius 1 is 0.933 bits per heavy atom. The third-order valence-electron chi connectivity index (χ3n) is 7.10. The van der Waals surface area contributed by atoms with E-state index in [1.54, 1.807) is 31.3 Å². The number of carbonyl (C=O) groups excluding carboxylic acids is 4. The molecule has 232 valence electrons. The molecule has 13 heteroatoms. The second-order valence-corrected chi connectivity index (χ2v) is 10.8. The van der Waals surface area contributed by atoms with E-state index in [1.807, 2.05) is 51.1 Å². The van der Waals surface area contributed by atoms with E-state index >= 15 is 0 Å². The quantitative estimate of drug-likeness (QED) is 0.179. The van der Waals surface area contributed by atoms with Crippen LogP contribution in [0.25, 0.3) is 11.1 Å². The van der Waals surface area contributed by atoms with E-state index in [4.69, 9.17) is 9.15 Å². The number of carbonyl (C=O) groups is 4. The summed E-state index contributed by atoms with van der Waals surface area (Å²) in [6.07, 6.45) is 2.15. The van der Waals surface area contributed by atoms with Crippen LogP contribution in [-0.4, -0.2) is 50.0 Å². The fourth-order valence-electron chi connectivity index (χ4n) is 4.63. The number of rotatable bonds is 10. The molecule has 0 fully saturated rings. The number of nitrogens with one attached hydrogen (secondary N) is 3. The first-order valence-corrected chi connectivity index (χ1v) is 14.4. The molecule has 0 unspecified atom stereocenters. The fourth-order valence-corrected chi connectivity index (χ4v) is 4.63. The molecule has 5 rings (SSSR count). The van der Waals surface area contributed by atoms with Crippen LogP contribution in [0.15, 0.2) is 77.3 Å². The minimum Gasteiger partial charge on any atom is -0.448 e. The number of hydrogen-bond donors (Lipinski definition) is 3. The Morgan fingerprint density at radius 2 is 1.67 bits per heavy atom. The van der Waals surface area contributed by atoms with Crippen LogP contribution in [0.3, 0.4) is 0 Å². The zero-order valence-corrected chi connectivity index (χ0v) is 25.3. The van der Waals surface area contributed by atoms with E-state index < -0.39 is 29.4 Å². The number of fused-ring (bicyclic) bond motifs is 1. The zero-order valence-electron chi connectivity index (χ0n) is 25.3. The van der Waals surface area contributed by atoms with E-state index in [-0.39, 0.29) is 40.5 Å². The number of unbranched alkanes of at least 4 members (excludes halogenated alkanes) is 1. The predicted octanol–water partition coefficient (Wildman–Crippen LogP) is 5.32. The van der Waals surface area contributed by atoms with Crippen molar-refractivity contribution < 1.29 is 28.3 Å². The summed E-state index contributed by atoms with van der Waals surface area (Å²) in [5.41, 5.74) is 0.908. The third kappa shape index (κ3) is 6.61. The smallest absolute Gasteiger partial charge is 0.435 e. The van der Waals surface area contributed by atoms with Gasteiger partial charge in [-0.1, -0.05) is 55.8 Å². The summed E-state index contributed by atoms with van der Waals surface area (Å²) in [6, 6.07) is 18.8. The maximum Gasteiger partial charge on any atom is 0.435 e. The van der Waals surface area contributed by atoms with Gasteiger partial charge in [-0.05, 0) is 44.0 Å². The van der Waals surface area contributed by atoms with Crippen LogP contribution in [0.1, 0.15) is 70.6 Å². The summed E-state index contributed by atoms with van der Waals surface area (Å²) in [4.78, 5) is 52.7. The van der Waals surface area contributed by atoms with Gasteiger partial charge in [0.25, 0.3) is 17.7 Å². The second kappa shape index (κ2) is 12.9. The van der Waals surface area contributed by atoms with Crippen LogP contribution in [0, 0.1) is 0 Å². The maximum absolute atomic E-state index is 13.5. The summed E-state index contributed by atoms with van der Waals surface area (Å²) in [7, 11) is 1.63. The number of aromatic nitrogens is 4. The topological polar surface area (TPSA) is 162 Å². The minimum atomic E-state index is -0.796. The van der Waals surface area contributed by atoms with E-state index in [9.17, 15) is 19.2 Å². The molecule has 3 N–H and O–H groups in total. The van der Waals surface area contributed by atoms with Gasteiger partial charge in [0.2, 0.25) is 0 Å². The molecule has 0 spiro atoms. The first-order valence-electron chi connectivity index (χ1n) is 14.4. The normalized spacial score (nSPS) is 11.3. The van der Waals surface area contributed by atoms with E-state index in [0.717, 1.165) is 16.7 Å². The van der Waals surface area contributed by atoms with Crippen LogP contribution < -0.4 is 16.0 Å². The molecule has 3 amide bonds. The van der Waals surface area contributed by atoms with Crippen LogP contribution in [0.5, 0.6) is 0 Å². The van der Waals surface area contributed by atoms with Crippen molar-refractivity contribution in [2.75, 3.05) is 17.2 Å². The lowest BCUT2D eigenvalue weighted by atomic mass is 9.94. The molecule has 0 atom stereocenters. The number of amides is 3. The number of nitrogens with zero attached hydrogens (tertiary/aromatic N) is 4. The molecule has 5 aromatic rings. The lowest BCUT2D eigenvalue weighted by Crippen LogP contribution is -2.40. The summed E-state index contributed by atoms with van der Waals surface area (Å²) in [5, 5.41) is 16.6. The van der Waals surface area contributed by atoms with Gasteiger partial charge in [0.15, 0.2) is 17.2 Å². The summed E-state index contributed by atoms with van der Waals surface area (Å²) < 4.78 is 13.6. The molecule has 0 bridgehead atoms. The van der Waals surface area contributed by atoms with Crippen molar-refractivity contribution in [3.63, 3.8) is 0 Å². The number of ether oxygens (including phenoxy) is 1. The molecule has 2 aromatic carbocycles. The molecule has 0 radical (unpaired) electrons. The lowest BCUT2D eigenvalue weighted by Gasteiger charge is -2.26. The summed E-state index contributed by atoms with van der Waals surface area (Å²) in [5.74, 6) is -1.85. The van der Waals surface area contributed by atoms with Gasteiger partial charge in [-0.3, -0.25) is 19.1 Å². The largest absolute Gasteiger partial charge is 0.448 e.